The van der Waals surface area contributed by atoms with Crippen molar-refractivity contribution in [1.29, 1.82) is 0 Å². The number of aromatic nitrogens is 2. The Hall–Kier alpha value is -2.93. The number of ether oxygens (including phenoxy) is 1. The molecule has 7 heteroatoms. The third-order valence-corrected chi connectivity index (χ3v) is 6.37. The first kappa shape index (κ1) is 20.0. The van der Waals surface area contributed by atoms with Gasteiger partial charge in [0, 0.05) is 37.7 Å². The first-order chi connectivity index (χ1) is 15.2. The van der Waals surface area contributed by atoms with Crippen molar-refractivity contribution in [2.24, 2.45) is 5.92 Å². The number of imidazole rings is 1. The number of carbonyl (C=O) groups is 1. The highest BCUT2D eigenvalue weighted by Crippen LogP contribution is 2.29. The third kappa shape index (κ3) is 4.02. The summed E-state index contributed by atoms with van der Waals surface area (Å²) in [5.74, 6) is 0.948. The second kappa shape index (κ2) is 8.67. The Balaban J connectivity index is 1.37. The van der Waals surface area contributed by atoms with E-state index in [2.05, 4.69) is 9.47 Å². The molecule has 1 amide bonds. The lowest BCUT2D eigenvalue weighted by molar-refractivity contribution is -0.140. The van der Waals surface area contributed by atoms with Crippen molar-refractivity contribution < 1.29 is 13.9 Å². The number of hydrogen-bond acceptors (Lipinski definition) is 4. The second-order valence-electron chi connectivity index (χ2n) is 8.28. The number of anilines is 1. The van der Waals surface area contributed by atoms with Crippen LogP contribution in [0.1, 0.15) is 18.4 Å². The summed E-state index contributed by atoms with van der Waals surface area (Å²) in [5, 5.41) is 0. The van der Waals surface area contributed by atoms with E-state index in [1.807, 2.05) is 41.3 Å². The summed E-state index contributed by atoms with van der Waals surface area (Å²) in [4.78, 5) is 21.9. The number of benzene rings is 2. The topological polar surface area (TPSA) is 50.6 Å². The van der Waals surface area contributed by atoms with Gasteiger partial charge in [0.05, 0.1) is 30.8 Å². The van der Waals surface area contributed by atoms with Gasteiger partial charge in [0.15, 0.2) is 0 Å². The minimum Gasteiger partial charge on any atom is -0.378 e. The fourth-order valence-corrected chi connectivity index (χ4v) is 4.63. The molecule has 0 bridgehead atoms. The summed E-state index contributed by atoms with van der Waals surface area (Å²) < 4.78 is 21.8. The van der Waals surface area contributed by atoms with Crippen molar-refractivity contribution in [2.45, 2.75) is 19.4 Å². The van der Waals surface area contributed by atoms with Gasteiger partial charge in [-0.15, -0.1) is 0 Å². The van der Waals surface area contributed by atoms with Gasteiger partial charge in [-0.25, -0.2) is 9.37 Å². The van der Waals surface area contributed by atoms with Crippen LogP contribution in [0.4, 0.5) is 10.3 Å². The molecule has 6 nitrogen and oxygen atoms in total. The van der Waals surface area contributed by atoms with Gasteiger partial charge in [-0.1, -0.05) is 30.3 Å². The monoisotopic (exact) mass is 422 g/mol. The second-order valence-corrected chi connectivity index (χ2v) is 8.28. The molecule has 5 rings (SSSR count). The smallest absolute Gasteiger partial charge is 0.225 e. The largest absolute Gasteiger partial charge is 0.378 e. The summed E-state index contributed by atoms with van der Waals surface area (Å²) in [6.45, 7) is 4.60. The van der Waals surface area contributed by atoms with E-state index >= 15 is 0 Å². The molecule has 2 fully saturated rings. The molecule has 0 N–H and O–H groups in total. The fourth-order valence-electron chi connectivity index (χ4n) is 4.63. The normalized spacial score (nSPS) is 18.0. The Labute approximate surface area is 181 Å². The summed E-state index contributed by atoms with van der Waals surface area (Å²) >= 11 is 0. The van der Waals surface area contributed by atoms with Crippen LogP contribution in [0.25, 0.3) is 11.0 Å². The van der Waals surface area contributed by atoms with Gasteiger partial charge in [-0.2, -0.15) is 0 Å². The van der Waals surface area contributed by atoms with Gasteiger partial charge < -0.3 is 19.1 Å². The fraction of sp³-hybridized carbons (Fsp3) is 0.417. The molecule has 0 spiro atoms. The lowest BCUT2D eigenvalue weighted by Crippen LogP contribution is -2.47. The number of para-hydroxylation sites is 2. The van der Waals surface area contributed by atoms with Crippen molar-refractivity contribution in [1.82, 2.24) is 14.5 Å². The summed E-state index contributed by atoms with van der Waals surface area (Å²) in [6.07, 6.45) is 1.61. The van der Waals surface area contributed by atoms with Gasteiger partial charge >= 0.3 is 0 Å². The highest BCUT2D eigenvalue weighted by molar-refractivity contribution is 5.80. The van der Waals surface area contributed by atoms with Gasteiger partial charge in [0.1, 0.15) is 5.82 Å². The number of nitrogens with zero attached hydrogens (tertiary/aromatic N) is 4. The zero-order valence-electron chi connectivity index (χ0n) is 17.5. The number of carbonyl (C=O) groups excluding carboxylic acids is 1. The molecule has 3 aromatic rings. The maximum absolute atomic E-state index is 14.4. The van der Waals surface area contributed by atoms with Crippen molar-refractivity contribution in [3.63, 3.8) is 0 Å². The quantitative estimate of drug-likeness (QED) is 0.648. The highest BCUT2D eigenvalue weighted by atomic mass is 19.1. The lowest BCUT2D eigenvalue weighted by Gasteiger charge is -2.36. The Morgan fingerprint density at radius 3 is 2.48 bits per heavy atom. The average Bonchev–Trinajstić information content (AvgIpc) is 3.19. The highest BCUT2D eigenvalue weighted by Gasteiger charge is 2.31. The predicted octanol–water partition coefficient (Wildman–Crippen LogP) is 3.30. The first-order valence-electron chi connectivity index (χ1n) is 11.0. The van der Waals surface area contributed by atoms with E-state index in [4.69, 9.17) is 9.72 Å². The molecule has 2 aliphatic heterocycles. The van der Waals surface area contributed by atoms with Gasteiger partial charge in [0.25, 0.3) is 0 Å². The van der Waals surface area contributed by atoms with E-state index in [-0.39, 0.29) is 17.6 Å². The molecule has 0 radical (unpaired) electrons. The Kier molecular flexibility index (Phi) is 5.59. The van der Waals surface area contributed by atoms with Crippen LogP contribution < -0.4 is 4.90 Å². The first-order valence-corrected chi connectivity index (χ1v) is 11.0. The Bertz CT molecular complexity index is 1070. The van der Waals surface area contributed by atoms with Crippen molar-refractivity contribution >= 4 is 22.9 Å². The van der Waals surface area contributed by atoms with E-state index in [0.717, 1.165) is 42.9 Å². The third-order valence-electron chi connectivity index (χ3n) is 6.37. The van der Waals surface area contributed by atoms with Crippen LogP contribution in [-0.2, 0) is 16.1 Å². The molecule has 3 heterocycles. The van der Waals surface area contributed by atoms with Crippen LogP contribution >= 0.6 is 0 Å². The molecule has 31 heavy (non-hydrogen) atoms. The molecule has 2 aromatic carbocycles. The molecule has 2 saturated heterocycles. The molecule has 0 atom stereocenters. The maximum atomic E-state index is 14.4. The van der Waals surface area contributed by atoms with E-state index in [9.17, 15) is 9.18 Å². The number of hydrogen-bond donors (Lipinski definition) is 0. The van der Waals surface area contributed by atoms with Gasteiger partial charge in [-0.3, -0.25) is 4.79 Å². The molecule has 0 saturated carbocycles. The lowest BCUT2D eigenvalue weighted by atomic mass is 9.95. The van der Waals surface area contributed by atoms with Crippen LogP contribution in [0.2, 0.25) is 0 Å². The van der Waals surface area contributed by atoms with E-state index in [0.29, 0.717) is 38.4 Å². The average molecular weight is 423 g/mol. The molecular formula is C24H27FN4O2. The number of halogens is 1. The number of fused-ring (bicyclic) bond motifs is 1. The Morgan fingerprint density at radius 1 is 1.00 bits per heavy atom. The van der Waals surface area contributed by atoms with Crippen LogP contribution in [0.3, 0.4) is 0 Å². The number of morpholine rings is 1. The van der Waals surface area contributed by atoms with Gasteiger partial charge in [-0.05, 0) is 31.0 Å². The number of amides is 1. The predicted molar refractivity (Wildman–Crippen MR) is 118 cm³/mol. The molecule has 1 aromatic heterocycles. The van der Waals surface area contributed by atoms with Gasteiger partial charge in [0.2, 0.25) is 11.9 Å². The summed E-state index contributed by atoms with van der Waals surface area (Å²) in [6, 6.07) is 14.9. The summed E-state index contributed by atoms with van der Waals surface area (Å²) in [5.41, 5.74) is 2.54. The van der Waals surface area contributed by atoms with Crippen LogP contribution in [-0.4, -0.2) is 59.8 Å². The minimum absolute atomic E-state index is 0.0544. The molecule has 0 unspecified atom stereocenters. The van der Waals surface area contributed by atoms with Crippen LogP contribution in [0.15, 0.2) is 48.5 Å². The molecule has 162 valence electrons. The molecule has 0 aliphatic carbocycles. The van der Waals surface area contributed by atoms with E-state index in [1.165, 1.54) is 6.07 Å². The molecular weight excluding hydrogens is 395 g/mol. The zero-order chi connectivity index (χ0) is 21.2. The SMILES string of the molecule is O=C(C1CCN(c2nc3ccccc3n2Cc2ccccc2F)CC1)N1CCOCC1. The van der Waals surface area contributed by atoms with Crippen LogP contribution in [0, 0.1) is 11.7 Å². The minimum atomic E-state index is -0.207. The Morgan fingerprint density at radius 2 is 1.71 bits per heavy atom. The van der Waals surface area contributed by atoms with E-state index in [1.54, 1.807) is 6.07 Å². The number of rotatable bonds is 4. The van der Waals surface area contributed by atoms with Crippen molar-refractivity contribution in [2.75, 3.05) is 44.3 Å². The number of piperidine rings is 1. The van der Waals surface area contributed by atoms with Crippen LogP contribution in [0.5, 0.6) is 0 Å². The van der Waals surface area contributed by atoms with Crippen molar-refractivity contribution in [3.05, 3.63) is 59.9 Å². The standard InChI is InChI=1S/C24H27FN4O2/c25-20-6-2-1-5-19(20)17-29-22-8-4-3-7-21(22)26-24(29)28-11-9-18(10-12-28)23(30)27-13-15-31-16-14-27/h1-8,18H,9-17H2. The molecule has 2 aliphatic rings. The maximum Gasteiger partial charge on any atom is 0.225 e. The van der Waals surface area contributed by atoms with E-state index < -0.39 is 0 Å². The summed E-state index contributed by atoms with van der Waals surface area (Å²) in [7, 11) is 0. The zero-order valence-corrected chi connectivity index (χ0v) is 17.5. The van der Waals surface area contributed by atoms with Crippen molar-refractivity contribution in [3.8, 4) is 0 Å².